The van der Waals surface area contributed by atoms with Crippen molar-refractivity contribution in [3.63, 3.8) is 0 Å². The highest BCUT2D eigenvalue weighted by atomic mass is 16.4. The van der Waals surface area contributed by atoms with Crippen LogP contribution < -0.4 is 0 Å². The third kappa shape index (κ3) is 2.45. The van der Waals surface area contributed by atoms with Gasteiger partial charge in [0.15, 0.2) is 0 Å². The molecule has 0 amide bonds. The molecule has 2 aromatic rings. The van der Waals surface area contributed by atoms with E-state index in [1.54, 1.807) is 6.07 Å². The summed E-state index contributed by atoms with van der Waals surface area (Å²) in [6.07, 6.45) is -0.0794. The van der Waals surface area contributed by atoms with E-state index in [4.69, 9.17) is 9.52 Å². The molecule has 0 fully saturated rings. The molecule has 1 aromatic carbocycles. The van der Waals surface area contributed by atoms with Gasteiger partial charge in [0.05, 0.1) is 0 Å². The zero-order chi connectivity index (χ0) is 13.3. The van der Waals surface area contributed by atoms with Gasteiger partial charge in [-0.25, -0.2) is 0 Å². The third-order valence-electron chi connectivity index (χ3n) is 2.91. The van der Waals surface area contributed by atoms with E-state index in [1.807, 2.05) is 19.9 Å². The molecule has 0 spiro atoms. The summed E-state index contributed by atoms with van der Waals surface area (Å²) >= 11 is 0. The van der Waals surface area contributed by atoms with Gasteiger partial charge in [-0.1, -0.05) is 17.7 Å². The molecule has 0 radical (unpaired) electrons. The first-order valence-electron chi connectivity index (χ1n) is 5.86. The first-order chi connectivity index (χ1) is 8.47. The van der Waals surface area contributed by atoms with Gasteiger partial charge in [0.2, 0.25) is 0 Å². The van der Waals surface area contributed by atoms with Gasteiger partial charge < -0.3 is 9.52 Å². The molecular weight excluding hydrogens is 228 g/mol. The van der Waals surface area contributed by atoms with Crippen LogP contribution in [0, 0.1) is 20.8 Å². The largest absolute Gasteiger partial charge is 0.481 e. The minimum atomic E-state index is -0.881. The fourth-order valence-corrected chi connectivity index (χ4v) is 2.33. The van der Waals surface area contributed by atoms with Crippen LogP contribution in [0.25, 0.3) is 11.3 Å². The lowest BCUT2D eigenvalue weighted by Gasteiger charge is -2.08. The van der Waals surface area contributed by atoms with E-state index >= 15 is 0 Å². The van der Waals surface area contributed by atoms with Crippen LogP contribution in [0.2, 0.25) is 0 Å². The number of carbonyl (C=O) groups is 1. The van der Waals surface area contributed by atoms with Crippen LogP contribution in [-0.2, 0) is 11.2 Å². The van der Waals surface area contributed by atoms with E-state index < -0.39 is 5.97 Å². The van der Waals surface area contributed by atoms with Crippen LogP contribution in [-0.4, -0.2) is 11.1 Å². The number of rotatable bonds is 3. The summed E-state index contributed by atoms with van der Waals surface area (Å²) in [6.45, 7) is 6.13. The molecule has 3 nitrogen and oxygen atoms in total. The van der Waals surface area contributed by atoms with Crippen molar-refractivity contribution < 1.29 is 14.3 Å². The van der Waals surface area contributed by atoms with Crippen molar-refractivity contribution in [3.05, 3.63) is 46.7 Å². The molecule has 1 N–H and O–H groups in total. The lowest BCUT2D eigenvalue weighted by atomic mass is 9.98. The Balaban J connectivity index is 2.43. The van der Waals surface area contributed by atoms with Gasteiger partial charge >= 0.3 is 5.97 Å². The number of carboxylic acids is 1. The quantitative estimate of drug-likeness (QED) is 0.899. The van der Waals surface area contributed by atoms with Crippen molar-refractivity contribution >= 4 is 5.97 Å². The number of benzene rings is 1. The Morgan fingerprint density at radius 2 is 1.78 bits per heavy atom. The third-order valence-corrected chi connectivity index (χ3v) is 2.91. The Kier molecular flexibility index (Phi) is 3.24. The molecule has 18 heavy (non-hydrogen) atoms. The summed E-state index contributed by atoms with van der Waals surface area (Å²) in [6, 6.07) is 7.76. The van der Waals surface area contributed by atoms with Gasteiger partial charge in [0, 0.05) is 5.56 Å². The molecular formula is C15H16O3. The molecule has 0 atom stereocenters. The molecule has 3 heteroatoms. The van der Waals surface area contributed by atoms with Gasteiger partial charge in [-0.2, -0.15) is 0 Å². The lowest BCUT2D eigenvalue weighted by Crippen LogP contribution is -1.98. The molecule has 0 saturated heterocycles. The lowest BCUT2D eigenvalue weighted by molar-refractivity contribution is -0.136. The highest BCUT2D eigenvalue weighted by Crippen LogP contribution is 2.30. The maximum atomic E-state index is 10.6. The number of hydrogen-bond donors (Lipinski definition) is 1. The van der Waals surface area contributed by atoms with E-state index in [0.29, 0.717) is 5.76 Å². The monoisotopic (exact) mass is 244 g/mol. The maximum Gasteiger partial charge on any atom is 0.311 e. The zero-order valence-electron chi connectivity index (χ0n) is 10.8. The summed E-state index contributed by atoms with van der Waals surface area (Å²) in [5.41, 5.74) is 4.55. The van der Waals surface area contributed by atoms with Gasteiger partial charge in [0.25, 0.3) is 0 Å². The average Bonchev–Trinajstić information content (AvgIpc) is 2.63. The fraction of sp³-hybridized carbons (Fsp3) is 0.267. The van der Waals surface area contributed by atoms with Crippen molar-refractivity contribution in [2.45, 2.75) is 27.2 Å². The fourth-order valence-electron chi connectivity index (χ4n) is 2.33. The van der Waals surface area contributed by atoms with Crippen molar-refractivity contribution in [1.29, 1.82) is 0 Å². The molecule has 2 rings (SSSR count). The normalized spacial score (nSPS) is 10.6. The first kappa shape index (κ1) is 12.4. The van der Waals surface area contributed by atoms with Crippen LogP contribution in [0.3, 0.4) is 0 Å². The highest BCUT2D eigenvalue weighted by Gasteiger charge is 2.12. The number of aliphatic carboxylic acids is 1. The van der Waals surface area contributed by atoms with Crippen LogP contribution >= 0.6 is 0 Å². The van der Waals surface area contributed by atoms with E-state index in [2.05, 4.69) is 19.1 Å². The Morgan fingerprint density at radius 3 is 2.33 bits per heavy atom. The van der Waals surface area contributed by atoms with Crippen molar-refractivity contribution in [2.75, 3.05) is 0 Å². The second kappa shape index (κ2) is 4.69. The highest BCUT2D eigenvalue weighted by molar-refractivity contribution is 5.71. The summed E-state index contributed by atoms with van der Waals surface area (Å²) in [5.74, 6) is 0.339. The SMILES string of the molecule is Cc1cc(C)c(-c2ccc(CC(=O)O)o2)c(C)c1. The summed E-state index contributed by atoms with van der Waals surface area (Å²) in [5, 5.41) is 8.73. The minimum Gasteiger partial charge on any atom is -0.481 e. The van der Waals surface area contributed by atoms with E-state index in [0.717, 1.165) is 22.5 Å². The first-order valence-corrected chi connectivity index (χ1v) is 5.86. The molecule has 0 unspecified atom stereocenters. The van der Waals surface area contributed by atoms with Gasteiger partial charge in [-0.15, -0.1) is 0 Å². The molecule has 94 valence electrons. The standard InChI is InChI=1S/C15H16O3/c1-9-6-10(2)15(11(3)7-9)13-5-4-12(18-13)8-14(16)17/h4-7H,8H2,1-3H3,(H,16,17). The average molecular weight is 244 g/mol. The molecule has 0 aliphatic heterocycles. The Hall–Kier alpha value is -2.03. The van der Waals surface area contributed by atoms with Crippen LogP contribution in [0.1, 0.15) is 22.5 Å². The molecule has 0 bridgehead atoms. The summed E-state index contributed by atoms with van der Waals surface area (Å²) < 4.78 is 5.60. The maximum absolute atomic E-state index is 10.6. The minimum absolute atomic E-state index is 0.0794. The Labute approximate surface area is 106 Å². The van der Waals surface area contributed by atoms with Gasteiger partial charge in [0.1, 0.15) is 17.9 Å². The second-order valence-corrected chi connectivity index (χ2v) is 4.61. The molecule has 0 aliphatic rings. The molecule has 0 aliphatic carbocycles. The number of hydrogen-bond acceptors (Lipinski definition) is 2. The Bertz CT molecular complexity index is 571. The van der Waals surface area contributed by atoms with Crippen LogP contribution in [0.5, 0.6) is 0 Å². The number of carboxylic acid groups (broad SMARTS) is 1. The van der Waals surface area contributed by atoms with Crippen LogP contribution in [0.4, 0.5) is 0 Å². The Morgan fingerprint density at radius 1 is 1.17 bits per heavy atom. The van der Waals surface area contributed by atoms with Crippen molar-refractivity contribution in [3.8, 4) is 11.3 Å². The molecule has 1 heterocycles. The van der Waals surface area contributed by atoms with Crippen molar-refractivity contribution in [1.82, 2.24) is 0 Å². The number of aryl methyl sites for hydroxylation is 3. The molecule has 1 aromatic heterocycles. The predicted molar refractivity (Wildman–Crippen MR) is 69.7 cm³/mol. The van der Waals surface area contributed by atoms with E-state index in [-0.39, 0.29) is 6.42 Å². The van der Waals surface area contributed by atoms with E-state index in [9.17, 15) is 4.79 Å². The summed E-state index contributed by atoms with van der Waals surface area (Å²) in [7, 11) is 0. The van der Waals surface area contributed by atoms with Crippen molar-refractivity contribution in [2.24, 2.45) is 0 Å². The molecule has 0 saturated carbocycles. The predicted octanol–water partition coefficient (Wildman–Crippen LogP) is 3.50. The van der Waals surface area contributed by atoms with Gasteiger partial charge in [-0.3, -0.25) is 4.79 Å². The number of furan rings is 1. The van der Waals surface area contributed by atoms with Gasteiger partial charge in [-0.05, 0) is 44.0 Å². The summed E-state index contributed by atoms with van der Waals surface area (Å²) in [4.78, 5) is 10.6. The topological polar surface area (TPSA) is 50.4 Å². The zero-order valence-corrected chi connectivity index (χ0v) is 10.8. The van der Waals surface area contributed by atoms with E-state index in [1.165, 1.54) is 5.56 Å². The van der Waals surface area contributed by atoms with Crippen LogP contribution in [0.15, 0.2) is 28.7 Å². The second-order valence-electron chi connectivity index (χ2n) is 4.61. The smallest absolute Gasteiger partial charge is 0.311 e.